The van der Waals surface area contributed by atoms with Gasteiger partial charge < -0.3 is 7.43 Å². The van der Waals surface area contributed by atoms with Crippen LogP contribution < -0.4 is 21.2 Å². The molecule has 4 aromatic carbocycles. The Morgan fingerprint density at radius 1 is 0.385 bits per heavy atom. The Morgan fingerprint density at radius 2 is 0.538 bits per heavy atom. The second-order valence-corrected chi connectivity index (χ2v) is 11.3. The van der Waals surface area contributed by atoms with Crippen molar-refractivity contribution in [2.75, 3.05) is 12.3 Å². The van der Waals surface area contributed by atoms with Gasteiger partial charge >= 0.3 is 45.2 Å². The molecule has 0 saturated heterocycles. The van der Waals surface area contributed by atoms with Crippen molar-refractivity contribution in [1.82, 2.24) is 0 Å². The molecule has 4 nitrogen and oxygen atoms in total. The van der Waals surface area contributed by atoms with Gasteiger partial charge in [-0.05, 0) is 49.4 Å². The summed E-state index contributed by atoms with van der Waals surface area (Å²) in [7, 11) is -0.696. The third-order valence-corrected chi connectivity index (χ3v) is 10.2. The van der Waals surface area contributed by atoms with E-state index in [0.29, 0.717) is 0 Å². The molecule has 0 amide bonds. The van der Waals surface area contributed by atoms with Crippen molar-refractivity contribution < 1.29 is 56.5 Å². The molecule has 0 aliphatic rings. The maximum absolute atomic E-state index is 7.50. The summed E-state index contributed by atoms with van der Waals surface area (Å²) in [4.78, 5) is 0. The first kappa shape index (κ1) is 43.9. The number of rotatable bonds is 7. The molecule has 0 fully saturated rings. The van der Waals surface area contributed by atoms with Gasteiger partial charge in [0.15, 0.2) is 0 Å². The van der Waals surface area contributed by atoms with Gasteiger partial charge in [-0.25, -0.2) is 0 Å². The summed E-state index contributed by atoms with van der Waals surface area (Å²) in [5.74, 6) is 0. The van der Waals surface area contributed by atoms with Crippen LogP contribution in [-0.4, -0.2) is 12.3 Å². The molecular weight excluding hydrogens is 752 g/mol. The Balaban J connectivity index is -0.000000512. The Kier molecular flexibility index (Phi) is 34.3. The zero-order chi connectivity index (χ0) is 27.0. The van der Waals surface area contributed by atoms with Gasteiger partial charge in [0.25, 0.3) is 0 Å². The van der Waals surface area contributed by atoms with E-state index in [0.717, 1.165) is 0 Å². The molecule has 0 heterocycles. The van der Waals surface area contributed by atoms with Crippen LogP contribution in [0.5, 0.6) is 0 Å². The van der Waals surface area contributed by atoms with Crippen LogP contribution in [0, 0.1) is 34.0 Å². The zero-order valence-corrected chi connectivity index (χ0v) is 26.2. The molecule has 0 N–H and O–H groups in total. The number of hydrogen-bond acceptors (Lipinski definition) is 0. The van der Waals surface area contributed by atoms with Gasteiger partial charge in [0.1, 0.15) is 0 Å². The van der Waals surface area contributed by atoms with Crippen LogP contribution in [-0.2, 0) is 56.5 Å². The van der Waals surface area contributed by atoms with E-state index in [1.807, 2.05) is 0 Å². The van der Waals surface area contributed by atoms with Crippen molar-refractivity contribution in [2.45, 2.75) is 0 Å². The molecule has 0 aliphatic heterocycles. The molecule has 0 spiro atoms. The van der Waals surface area contributed by atoms with Crippen LogP contribution in [0.25, 0.3) is 0 Å². The van der Waals surface area contributed by atoms with E-state index >= 15 is 0 Å². The van der Waals surface area contributed by atoms with E-state index in [4.69, 9.17) is 18.6 Å². The first-order valence-corrected chi connectivity index (χ1v) is 13.5. The average Bonchev–Trinajstić information content (AvgIpc) is 3.01. The maximum atomic E-state index is 7.50. The zero-order valence-electron chi connectivity index (χ0n) is 21.1. The molecule has 0 unspecified atom stereocenters. The van der Waals surface area contributed by atoms with E-state index in [1.165, 1.54) is 33.5 Å². The normalized spacial score (nSPS) is 8.15. The molecule has 0 saturated carbocycles. The summed E-state index contributed by atoms with van der Waals surface area (Å²) in [5.41, 5.74) is 0. The van der Waals surface area contributed by atoms with Gasteiger partial charge in [0.2, 0.25) is 0 Å². The number of benzene rings is 4. The molecule has 4 aromatic rings. The van der Waals surface area contributed by atoms with Crippen molar-refractivity contribution >= 4 is 37.1 Å². The first-order valence-electron chi connectivity index (χ1n) is 10.5. The summed E-state index contributed by atoms with van der Waals surface area (Å²) in [6, 6.07) is 44.2. The van der Waals surface area contributed by atoms with Gasteiger partial charge in [-0.15, -0.1) is 0 Å². The van der Waals surface area contributed by atoms with Crippen molar-refractivity contribution in [2.24, 2.45) is 0 Å². The second kappa shape index (κ2) is 30.4. The van der Waals surface area contributed by atoms with Crippen LogP contribution in [0.2, 0.25) is 0 Å². The van der Waals surface area contributed by atoms with Gasteiger partial charge in [-0.3, -0.25) is 0 Å². The Hall–Kier alpha value is -2.11. The van der Waals surface area contributed by atoms with Crippen LogP contribution in [0.1, 0.15) is 0 Å². The van der Waals surface area contributed by atoms with Crippen molar-refractivity contribution in [3.8, 4) is 0 Å². The van der Waals surface area contributed by atoms with Crippen LogP contribution in [0.4, 0.5) is 0 Å². The van der Waals surface area contributed by atoms with Gasteiger partial charge in [0.05, 0.1) is 0 Å². The summed E-state index contributed by atoms with van der Waals surface area (Å²) >= 11 is 0. The van der Waals surface area contributed by atoms with Gasteiger partial charge in [-0.2, -0.15) is 0 Å². The topological polar surface area (TPSA) is 79.6 Å². The molecule has 0 aromatic heterocycles. The van der Waals surface area contributed by atoms with E-state index in [1.54, 1.807) is 0 Å². The maximum Gasteiger partial charge on any atom is 0 e. The van der Waals surface area contributed by atoms with Gasteiger partial charge in [-0.1, -0.05) is 121 Å². The minimum Gasteiger partial charge on any atom is -0.358 e. The largest absolute Gasteiger partial charge is 0.358 e. The van der Waals surface area contributed by atoms with E-state index in [9.17, 15) is 0 Å². The quantitative estimate of drug-likeness (QED) is 0.134. The van der Waals surface area contributed by atoms with Crippen molar-refractivity contribution in [1.29, 1.82) is 0 Å². The minimum atomic E-state index is -0.348. The summed E-state index contributed by atoms with van der Waals surface area (Å²) in [5, 5.41) is 5.89. The predicted molar refractivity (Wildman–Crippen MR) is 150 cm³/mol. The van der Waals surface area contributed by atoms with E-state index in [-0.39, 0.29) is 61.1 Å². The van der Waals surface area contributed by atoms with E-state index in [2.05, 4.69) is 148 Å². The Morgan fingerprint density at radius 3 is 0.692 bits per heavy atom. The molecule has 0 bridgehead atoms. The summed E-state index contributed by atoms with van der Waals surface area (Å²) < 4.78 is 30.0. The molecule has 205 valence electrons. The monoisotopic (exact) mass is 779 g/mol. The first-order chi connectivity index (χ1) is 17.9. The fourth-order valence-corrected chi connectivity index (χ4v) is 8.80. The molecule has 8 heteroatoms. The summed E-state index contributed by atoms with van der Waals surface area (Å²) in [6.45, 7) is 18.0. The molecule has 4 rings (SSSR count). The SMILES string of the molecule is [C-]#[O+].[C-]#[O+].[C-]#[O+].[C-]#[O+].[CH3-].[Co].[Pt].c1ccc(P(CCP(c2ccccc2)c2ccccc2)c2ccccc2)cc1. The fraction of sp³-hybridized carbons (Fsp3) is 0.0645. The number of hydrogen-bond donors (Lipinski definition) is 0. The predicted octanol–water partition coefficient (Wildman–Crippen LogP) is 5.55. The van der Waals surface area contributed by atoms with Gasteiger partial charge in [0, 0.05) is 37.8 Å². The molecule has 1 radical (unpaired) electrons. The van der Waals surface area contributed by atoms with Crippen LogP contribution in [0.3, 0.4) is 0 Å². The smallest absolute Gasteiger partial charge is 0 e. The molecule has 0 atom stereocenters. The Bertz CT molecular complexity index is 971. The Labute approximate surface area is 259 Å². The molecule has 39 heavy (non-hydrogen) atoms. The van der Waals surface area contributed by atoms with Crippen LogP contribution in [0.15, 0.2) is 121 Å². The average molecular weight is 780 g/mol. The van der Waals surface area contributed by atoms with E-state index < -0.39 is 0 Å². The van der Waals surface area contributed by atoms with Crippen molar-refractivity contribution in [3.05, 3.63) is 155 Å². The summed E-state index contributed by atoms with van der Waals surface area (Å²) in [6.07, 6.45) is 2.41. The molecular formula is C31H27CoO4P2Pt-. The molecule has 0 aliphatic carbocycles. The third kappa shape index (κ3) is 15.9. The third-order valence-electron chi connectivity index (χ3n) is 4.82. The standard InChI is InChI=1S/C26H24P2.4CO.CH3.Co.Pt/c1-5-13-23(14-6-1)27(24-15-7-2-8-16-24)21-22-28(25-17-9-3-10-18-25)26-19-11-4-12-20-26;4*1-2;;;/h1-20H,21-22H2;;;;;1H3;;/q;;;;;-1;;. The fourth-order valence-electron chi connectivity index (χ4n) is 3.45. The van der Waals surface area contributed by atoms with Crippen LogP contribution >= 0.6 is 15.8 Å². The van der Waals surface area contributed by atoms with Crippen molar-refractivity contribution in [3.63, 3.8) is 0 Å². The minimum absolute atomic E-state index is 0. The second-order valence-electron chi connectivity index (χ2n) is 6.65.